The Morgan fingerprint density at radius 1 is 1.24 bits per heavy atom. The van der Waals surface area contributed by atoms with Crippen LogP contribution in [0.2, 0.25) is 0 Å². The molecular formula is C11H23N3O6S. The number of nitrogens with one attached hydrogen (secondary N) is 1. The number of nitrogens with zero attached hydrogens (tertiary/aromatic N) is 2. The largest absolute Gasteiger partial charge is 0.481 e. The third-order valence-electron chi connectivity index (χ3n) is 2.64. The van der Waals surface area contributed by atoms with Gasteiger partial charge >= 0.3 is 5.97 Å². The van der Waals surface area contributed by atoms with Crippen LogP contribution in [0.15, 0.2) is 0 Å². The van der Waals surface area contributed by atoms with Crippen LogP contribution < -0.4 is 5.32 Å². The molecule has 0 aromatic heterocycles. The van der Waals surface area contributed by atoms with E-state index >= 15 is 0 Å². The lowest BCUT2D eigenvalue weighted by Gasteiger charge is -2.23. The summed E-state index contributed by atoms with van der Waals surface area (Å²) in [4.78, 5) is 22.0. The van der Waals surface area contributed by atoms with Gasteiger partial charge in [0, 0.05) is 40.9 Å². The third-order valence-corrected chi connectivity index (χ3v) is 4.53. The van der Waals surface area contributed by atoms with E-state index in [9.17, 15) is 18.0 Å². The summed E-state index contributed by atoms with van der Waals surface area (Å²) in [6, 6.07) is 0. The molecule has 0 aromatic carbocycles. The summed E-state index contributed by atoms with van der Waals surface area (Å²) < 4.78 is 30.6. The molecule has 0 heterocycles. The first-order valence-corrected chi connectivity index (χ1v) is 7.76. The van der Waals surface area contributed by atoms with Crippen molar-refractivity contribution in [1.82, 2.24) is 13.9 Å². The van der Waals surface area contributed by atoms with Crippen molar-refractivity contribution < 1.29 is 27.9 Å². The predicted octanol–water partition coefficient (Wildman–Crippen LogP) is -1.28. The fourth-order valence-corrected chi connectivity index (χ4v) is 2.47. The van der Waals surface area contributed by atoms with Crippen LogP contribution in [0.1, 0.15) is 12.8 Å². The molecule has 0 aliphatic carbocycles. The average molecular weight is 325 g/mol. The van der Waals surface area contributed by atoms with Crippen LogP contribution in [0.5, 0.6) is 0 Å². The Morgan fingerprint density at radius 2 is 1.86 bits per heavy atom. The maximum Gasteiger partial charge on any atom is 0.304 e. The molecule has 10 heteroatoms. The molecule has 0 fully saturated rings. The summed E-state index contributed by atoms with van der Waals surface area (Å²) in [7, 11) is 0.238. The second-order valence-corrected chi connectivity index (χ2v) is 6.57. The zero-order valence-corrected chi connectivity index (χ0v) is 13.4. The van der Waals surface area contributed by atoms with E-state index in [2.05, 4.69) is 5.32 Å². The molecule has 0 saturated carbocycles. The fraction of sp³-hybridized carbons (Fsp3) is 0.818. The molecule has 0 atom stereocenters. The number of carbonyl (C=O) groups excluding carboxylic acids is 1. The maximum atomic E-state index is 12.0. The molecule has 0 saturated heterocycles. The summed E-state index contributed by atoms with van der Waals surface area (Å²) in [5.41, 5.74) is 0. The smallest absolute Gasteiger partial charge is 0.304 e. The van der Waals surface area contributed by atoms with E-state index in [-0.39, 0.29) is 19.5 Å². The van der Waals surface area contributed by atoms with Crippen molar-refractivity contribution in [3.63, 3.8) is 0 Å². The number of rotatable bonds is 11. The molecule has 1 amide bonds. The van der Waals surface area contributed by atoms with Gasteiger partial charge in [0.15, 0.2) is 0 Å². The lowest BCUT2D eigenvalue weighted by molar-refractivity contribution is -0.137. The summed E-state index contributed by atoms with van der Waals surface area (Å²) >= 11 is 0. The average Bonchev–Trinajstić information content (AvgIpc) is 2.40. The highest BCUT2D eigenvalue weighted by molar-refractivity contribution is 7.86. The number of ether oxygens (including phenoxy) is 1. The van der Waals surface area contributed by atoms with Gasteiger partial charge in [-0.1, -0.05) is 0 Å². The lowest BCUT2D eigenvalue weighted by atomic mass is 10.4. The van der Waals surface area contributed by atoms with Crippen molar-refractivity contribution in [1.29, 1.82) is 0 Å². The molecule has 2 N–H and O–H groups in total. The van der Waals surface area contributed by atoms with E-state index in [0.29, 0.717) is 19.6 Å². The van der Waals surface area contributed by atoms with E-state index in [1.165, 1.54) is 14.1 Å². The summed E-state index contributed by atoms with van der Waals surface area (Å²) in [5, 5.41) is 11.1. The maximum absolute atomic E-state index is 12.0. The fourth-order valence-electron chi connectivity index (χ4n) is 1.39. The van der Waals surface area contributed by atoms with E-state index in [4.69, 9.17) is 9.84 Å². The van der Waals surface area contributed by atoms with Crippen molar-refractivity contribution in [2.75, 3.05) is 47.4 Å². The molecule has 0 bridgehead atoms. The lowest BCUT2D eigenvalue weighted by Crippen LogP contribution is -2.45. The number of carbonyl (C=O) groups is 2. The Kier molecular flexibility index (Phi) is 9.09. The van der Waals surface area contributed by atoms with E-state index in [0.717, 1.165) is 8.61 Å². The minimum absolute atomic E-state index is 0.155. The molecule has 0 aliphatic heterocycles. The van der Waals surface area contributed by atoms with Crippen LogP contribution in [-0.2, 0) is 24.5 Å². The zero-order valence-electron chi connectivity index (χ0n) is 12.5. The van der Waals surface area contributed by atoms with Gasteiger partial charge in [0.1, 0.15) is 0 Å². The molecule has 0 spiro atoms. The number of hydrogen-bond donors (Lipinski definition) is 2. The van der Waals surface area contributed by atoms with Crippen molar-refractivity contribution in [2.24, 2.45) is 0 Å². The molecule has 0 aromatic rings. The number of amides is 1. The number of hydrogen-bond acceptors (Lipinski definition) is 5. The SMILES string of the molecule is COCCCNC(=O)CN(C)S(=O)(=O)N(C)CCC(=O)O. The predicted molar refractivity (Wildman–Crippen MR) is 75.9 cm³/mol. The molecular weight excluding hydrogens is 302 g/mol. The van der Waals surface area contributed by atoms with Gasteiger partial charge < -0.3 is 15.2 Å². The van der Waals surface area contributed by atoms with Crippen molar-refractivity contribution >= 4 is 22.1 Å². The minimum atomic E-state index is -3.85. The second kappa shape index (κ2) is 9.66. The monoisotopic (exact) mass is 325 g/mol. The Bertz CT molecular complexity index is 439. The van der Waals surface area contributed by atoms with Crippen LogP contribution in [0, 0.1) is 0 Å². The van der Waals surface area contributed by atoms with Gasteiger partial charge in [-0.05, 0) is 6.42 Å². The highest BCUT2D eigenvalue weighted by atomic mass is 32.2. The van der Waals surface area contributed by atoms with Gasteiger partial charge in [-0.15, -0.1) is 0 Å². The molecule has 9 nitrogen and oxygen atoms in total. The summed E-state index contributed by atoms with van der Waals surface area (Å²) in [5.74, 6) is -1.51. The van der Waals surface area contributed by atoms with Gasteiger partial charge in [0.2, 0.25) is 5.91 Å². The standard InChI is InChI=1S/C11H23N3O6S/c1-13(7-5-11(16)17)21(18,19)14(2)9-10(15)12-6-4-8-20-3/h4-9H2,1-3H3,(H,12,15)(H,16,17). The van der Waals surface area contributed by atoms with E-state index < -0.39 is 22.1 Å². The zero-order chi connectivity index (χ0) is 16.5. The quantitative estimate of drug-likeness (QED) is 0.457. The van der Waals surface area contributed by atoms with Crippen LogP contribution >= 0.6 is 0 Å². The van der Waals surface area contributed by atoms with Crippen molar-refractivity contribution in [3.05, 3.63) is 0 Å². The second-order valence-electron chi connectivity index (χ2n) is 4.43. The molecule has 0 unspecified atom stereocenters. The van der Waals surface area contributed by atoms with Gasteiger partial charge in [-0.25, -0.2) is 0 Å². The number of aliphatic carboxylic acids is 1. The minimum Gasteiger partial charge on any atom is -0.481 e. The van der Waals surface area contributed by atoms with E-state index in [1.807, 2.05) is 0 Å². The van der Waals surface area contributed by atoms with Crippen LogP contribution in [0.25, 0.3) is 0 Å². The first-order chi connectivity index (χ1) is 9.71. The van der Waals surface area contributed by atoms with Crippen molar-refractivity contribution in [2.45, 2.75) is 12.8 Å². The normalized spacial score (nSPS) is 11.9. The van der Waals surface area contributed by atoms with Gasteiger partial charge in [-0.3, -0.25) is 9.59 Å². The van der Waals surface area contributed by atoms with Gasteiger partial charge in [-0.2, -0.15) is 17.0 Å². The van der Waals surface area contributed by atoms with Gasteiger partial charge in [0.05, 0.1) is 13.0 Å². The van der Waals surface area contributed by atoms with Crippen molar-refractivity contribution in [3.8, 4) is 0 Å². The van der Waals surface area contributed by atoms with Crippen LogP contribution in [0.4, 0.5) is 0 Å². The van der Waals surface area contributed by atoms with Crippen LogP contribution in [-0.4, -0.2) is 81.5 Å². The number of likely N-dealkylation sites (N-methyl/N-ethyl adjacent to an activating group) is 1. The first kappa shape index (κ1) is 19.8. The molecule has 0 aliphatic rings. The Hall–Kier alpha value is -1.23. The number of methoxy groups -OCH3 is 1. The molecule has 124 valence electrons. The Labute approximate surface area is 125 Å². The van der Waals surface area contributed by atoms with Gasteiger partial charge in [0.25, 0.3) is 10.2 Å². The summed E-state index contributed by atoms with van der Waals surface area (Å²) in [6.45, 7) is 0.423. The highest BCUT2D eigenvalue weighted by Crippen LogP contribution is 2.04. The topological polar surface area (TPSA) is 116 Å². The Balaban J connectivity index is 4.31. The van der Waals surface area contributed by atoms with Crippen LogP contribution in [0.3, 0.4) is 0 Å². The third kappa shape index (κ3) is 7.95. The first-order valence-electron chi connectivity index (χ1n) is 6.36. The number of carboxylic acid groups (broad SMARTS) is 1. The highest BCUT2D eigenvalue weighted by Gasteiger charge is 2.25. The molecule has 0 rings (SSSR count). The molecule has 0 radical (unpaired) electrons. The molecule has 21 heavy (non-hydrogen) atoms. The number of carboxylic acids is 1. The Morgan fingerprint density at radius 3 is 2.38 bits per heavy atom. The summed E-state index contributed by atoms with van der Waals surface area (Å²) in [6.07, 6.45) is 0.337. The van der Waals surface area contributed by atoms with E-state index in [1.54, 1.807) is 7.11 Å².